The summed E-state index contributed by atoms with van der Waals surface area (Å²) in [6.07, 6.45) is 10.1. The topological polar surface area (TPSA) is 23.5 Å². The molecule has 0 saturated carbocycles. The van der Waals surface area contributed by atoms with Crippen LogP contribution < -0.4 is 0 Å². The molecule has 0 fully saturated rings. The predicted molar refractivity (Wildman–Crippen MR) is 128 cm³/mol. The Balaban J connectivity index is 3.28. The van der Waals surface area contributed by atoms with E-state index >= 15 is 0 Å². The van der Waals surface area contributed by atoms with Crippen molar-refractivity contribution >= 4 is 18.4 Å². The summed E-state index contributed by atoms with van der Waals surface area (Å²) >= 11 is -2.44. The molecule has 0 heterocycles. The number of unbranched alkanes of at least 4 members (excludes halogenated alkanes) is 3. The molecule has 0 aromatic heterocycles. The molecule has 2 atom stereocenters. The zero-order valence-electron chi connectivity index (χ0n) is 19.0. The molecule has 0 aliphatic rings. The quantitative estimate of drug-likeness (QED) is 0.198. The zero-order valence-corrected chi connectivity index (χ0v) is 21.9. The summed E-state index contributed by atoms with van der Waals surface area (Å²) in [6.45, 7) is 14.6. The minimum absolute atomic E-state index is 0.0788. The number of aliphatic hydroxyl groups excluding tert-OH is 1. The molecule has 1 rings (SSSR count). The van der Waals surface area contributed by atoms with Gasteiger partial charge in [0.05, 0.1) is 0 Å². The number of hydrogen-bond donors (Lipinski definition) is 1. The number of aliphatic hydroxyl groups is 1. The molecule has 3 heteroatoms. The van der Waals surface area contributed by atoms with E-state index in [0.29, 0.717) is 4.06 Å². The average Bonchev–Trinajstić information content (AvgIpc) is 2.73. The van der Waals surface area contributed by atoms with E-state index in [1.54, 1.807) is 0 Å². The van der Waals surface area contributed by atoms with Gasteiger partial charge < -0.3 is 0 Å². The normalized spacial score (nSPS) is 14.2. The van der Waals surface area contributed by atoms with Gasteiger partial charge in [0.1, 0.15) is 0 Å². The van der Waals surface area contributed by atoms with Crippen molar-refractivity contribution < 1.29 is 5.11 Å². The molecule has 0 aliphatic carbocycles. The third-order valence-electron chi connectivity index (χ3n) is 6.57. The third kappa shape index (κ3) is 7.50. The molecule has 1 aromatic rings. The van der Waals surface area contributed by atoms with Crippen LogP contribution in [0.25, 0.3) is 0 Å². The Hall–Kier alpha value is -0.321. The van der Waals surface area contributed by atoms with Crippen LogP contribution in [0, 0.1) is 0 Å². The van der Waals surface area contributed by atoms with Gasteiger partial charge in [-0.15, -0.1) is 0 Å². The number of hydrogen-bond acceptors (Lipinski definition) is 2. The number of rotatable bonds is 16. The summed E-state index contributed by atoms with van der Waals surface area (Å²) in [6, 6.07) is 10.7. The summed E-state index contributed by atoms with van der Waals surface area (Å²) in [4.78, 5) is 2.61. The van der Waals surface area contributed by atoms with Gasteiger partial charge in [0.15, 0.2) is 0 Å². The van der Waals surface area contributed by atoms with Gasteiger partial charge in [-0.25, -0.2) is 0 Å². The molecule has 0 radical (unpaired) electrons. The Kier molecular flexibility index (Phi) is 13.4. The summed E-state index contributed by atoms with van der Waals surface area (Å²) < 4.78 is 5.10. The van der Waals surface area contributed by atoms with E-state index in [1.165, 1.54) is 57.4 Å². The predicted octanol–water partition coefficient (Wildman–Crippen LogP) is 6.98. The van der Waals surface area contributed by atoms with Crippen LogP contribution in [0.15, 0.2) is 43.0 Å². The maximum absolute atomic E-state index is 10.4. The van der Waals surface area contributed by atoms with Gasteiger partial charge in [0, 0.05) is 0 Å². The van der Waals surface area contributed by atoms with Gasteiger partial charge in [0.25, 0.3) is 0 Å². The second-order valence-electron chi connectivity index (χ2n) is 8.44. The Bertz CT molecular complexity index is 497. The molecule has 1 N–H and O–H groups in total. The van der Waals surface area contributed by atoms with Crippen LogP contribution in [0.4, 0.5) is 0 Å². The number of benzene rings is 1. The summed E-state index contributed by atoms with van der Waals surface area (Å²) in [5.74, 6) is 0. The molecule has 2 nitrogen and oxygen atoms in total. The molecule has 160 valence electrons. The first-order chi connectivity index (χ1) is 13.6. The van der Waals surface area contributed by atoms with Crippen molar-refractivity contribution in [2.24, 2.45) is 0 Å². The molecule has 0 unspecified atom stereocenters. The van der Waals surface area contributed by atoms with Crippen molar-refractivity contribution in [3.05, 3.63) is 48.6 Å². The monoisotopic (exact) mass is 495 g/mol. The van der Waals surface area contributed by atoms with E-state index in [4.69, 9.17) is 0 Å². The first-order valence-corrected chi connectivity index (χ1v) is 19.3. The average molecular weight is 494 g/mol. The second-order valence-corrected chi connectivity index (χ2v) is 22.9. The van der Waals surface area contributed by atoms with E-state index in [2.05, 4.69) is 69.5 Å². The molecular formula is C25H45NOSn. The molecule has 0 aliphatic heterocycles. The fourth-order valence-corrected chi connectivity index (χ4v) is 22.3. The summed E-state index contributed by atoms with van der Waals surface area (Å²) in [5.41, 5.74) is 1.24. The maximum atomic E-state index is 10.4. The van der Waals surface area contributed by atoms with Crippen LogP contribution in [-0.2, 0) is 0 Å². The van der Waals surface area contributed by atoms with Crippen molar-refractivity contribution in [1.82, 2.24) is 4.90 Å². The van der Waals surface area contributed by atoms with E-state index in [0.717, 1.165) is 6.54 Å². The van der Waals surface area contributed by atoms with Gasteiger partial charge in [0.2, 0.25) is 0 Å². The van der Waals surface area contributed by atoms with Gasteiger partial charge in [-0.05, 0) is 0 Å². The second kappa shape index (κ2) is 14.6. The molecule has 0 spiro atoms. The van der Waals surface area contributed by atoms with E-state index in [-0.39, 0.29) is 12.6 Å². The molecule has 1 aromatic carbocycles. The molecule has 0 amide bonds. The number of nitrogens with zero attached hydrogens (tertiary/aromatic N) is 1. The molecule has 0 saturated heterocycles. The van der Waals surface area contributed by atoms with Crippen molar-refractivity contribution in [3.8, 4) is 0 Å². The van der Waals surface area contributed by atoms with Gasteiger partial charge >= 0.3 is 180 Å². The van der Waals surface area contributed by atoms with Crippen LogP contribution in [0.2, 0.25) is 13.3 Å². The summed E-state index contributed by atoms with van der Waals surface area (Å²) in [5, 5.41) is 10.4. The van der Waals surface area contributed by atoms with Crippen molar-refractivity contribution in [1.29, 1.82) is 0 Å². The Labute approximate surface area is 179 Å². The van der Waals surface area contributed by atoms with Gasteiger partial charge in [-0.1, -0.05) is 0 Å². The molecule has 28 heavy (non-hydrogen) atoms. The first kappa shape index (κ1) is 25.7. The van der Waals surface area contributed by atoms with Crippen molar-refractivity contribution in [2.75, 3.05) is 13.2 Å². The van der Waals surface area contributed by atoms with Crippen molar-refractivity contribution in [2.45, 2.75) is 89.6 Å². The SMILES string of the molecule is C=CCN([C@H](CO)c1ccccc1)[C@@H](C)[Sn]([CH2]CCC)([CH2]CCC)[CH2]CCC. The van der Waals surface area contributed by atoms with E-state index in [1.807, 2.05) is 6.08 Å². The Morgan fingerprint density at radius 2 is 1.46 bits per heavy atom. The molecular weight excluding hydrogens is 449 g/mol. The van der Waals surface area contributed by atoms with Crippen LogP contribution in [-0.4, -0.2) is 45.6 Å². The van der Waals surface area contributed by atoms with Gasteiger partial charge in [-0.2, -0.15) is 0 Å². The Morgan fingerprint density at radius 1 is 0.964 bits per heavy atom. The van der Waals surface area contributed by atoms with E-state index < -0.39 is 18.4 Å². The van der Waals surface area contributed by atoms with Crippen LogP contribution in [0.1, 0.15) is 77.8 Å². The zero-order chi connectivity index (χ0) is 20.8. The minimum atomic E-state index is -2.44. The van der Waals surface area contributed by atoms with Gasteiger partial charge in [-0.3, -0.25) is 0 Å². The fourth-order valence-electron chi connectivity index (χ4n) is 4.72. The third-order valence-corrected chi connectivity index (χ3v) is 24.1. The first-order valence-electron chi connectivity index (χ1n) is 11.6. The Morgan fingerprint density at radius 3 is 1.86 bits per heavy atom. The summed E-state index contributed by atoms with van der Waals surface area (Å²) in [7, 11) is 0. The van der Waals surface area contributed by atoms with E-state index in [9.17, 15) is 5.11 Å². The fraction of sp³-hybridized carbons (Fsp3) is 0.680. The van der Waals surface area contributed by atoms with Crippen LogP contribution in [0.5, 0.6) is 0 Å². The standard InChI is InChI=1S/C13H18NO.3C4H9.Sn/c1-3-10-14(4-2)13(11-15)12-8-6-5-7-9-12;3*1-3-4-2;/h3-9,13,15H,1,10-11H2,2H3;3*1,3-4H2,2H3;/t13-;;;;/m1..../s1. The van der Waals surface area contributed by atoms with Crippen molar-refractivity contribution in [3.63, 3.8) is 0 Å². The molecule has 0 bridgehead atoms. The van der Waals surface area contributed by atoms with Crippen LogP contribution in [0.3, 0.4) is 0 Å². The van der Waals surface area contributed by atoms with Crippen LogP contribution >= 0.6 is 0 Å².